The highest BCUT2D eigenvalue weighted by atomic mass is 19.4. The van der Waals surface area contributed by atoms with E-state index < -0.39 is 48.0 Å². The summed E-state index contributed by atoms with van der Waals surface area (Å²) in [7, 11) is 0. The number of hydrogen-bond donors (Lipinski definition) is 3. The maximum atomic E-state index is 14.2. The van der Waals surface area contributed by atoms with Gasteiger partial charge in [0.05, 0.1) is 0 Å². The van der Waals surface area contributed by atoms with E-state index in [1.165, 1.54) is 24.3 Å². The predicted octanol–water partition coefficient (Wildman–Crippen LogP) is 3.68. The monoisotopic (exact) mass is 519 g/mol. The summed E-state index contributed by atoms with van der Waals surface area (Å²) in [6.07, 6.45) is -5.53. The van der Waals surface area contributed by atoms with Crippen LogP contribution in [0.1, 0.15) is 44.7 Å². The molecule has 196 valence electrons. The van der Waals surface area contributed by atoms with E-state index in [0.717, 1.165) is 6.07 Å². The zero-order chi connectivity index (χ0) is 27.0. The number of aryl methyl sites for hydroxylation is 1. The predicted molar refractivity (Wildman–Crippen MR) is 127 cm³/mol. The molecular weight excluding hydrogens is 494 g/mol. The number of nitrogens with two attached hydrogens (primary N) is 2. The average Bonchev–Trinajstić information content (AvgIpc) is 3.21. The number of nitrogen functional groups attached to an aromatic ring is 1. The number of aromatic nitrogens is 2. The first-order chi connectivity index (χ1) is 17.4. The molecule has 0 spiro atoms. The molecule has 0 atom stereocenters. The third-order valence-electron chi connectivity index (χ3n) is 6.55. The second kappa shape index (κ2) is 9.85. The fraction of sp³-hybridized carbons (Fsp3) is 0.320. The van der Waals surface area contributed by atoms with Crippen LogP contribution in [0.3, 0.4) is 0 Å². The number of alkyl halides is 3. The molecule has 1 aliphatic heterocycles. The third-order valence-corrected chi connectivity index (χ3v) is 6.55. The Kier molecular flexibility index (Phi) is 6.96. The zero-order valence-corrected chi connectivity index (χ0v) is 19.9. The summed E-state index contributed by atoms with van der Waals surface area (Å²) >= 11 is 0. The Labute approximate surface area is 209 Å². The first-order valence-corrected chi connectivity index (χ1v) is 11.4. The highest BCUT2D eigenvalue weighted by Gasteiger charge is 2.58. The van der Waals surface area contributed by atoms with Gasteiger partial charge in [-0.1, -0.05) is 30.3 Å². The molecule has 0 saturated carbocycles. The van der Waals surface area contributed by atoms with Crippen LogP contribution in [0.15, 0.2) is 42.5 Å². The van der Waals surface area contributed by atoms with Gasteiger partial charge in [0.2, 0.25) is 0 Å². The first-order valence-electron chi connectivity index (χ1n) is 11.4. The molecule has 2 heterocycles. The molecule has 12 heteroatoms. The molecule has 1 aliphatic rings. The van der Waals surface area contributed by atoms with Crippen LogP contribution in [0, 0.1) is 12.7 Å². The summed E-state index contributed by atoms with van der Waals surface area (Å²) in [6.45, 7) is 1.50. The Morgan fingerprint density at radius 2 is 1.78 bits per heavy atom. The summed E-state index contributed by atoms with van der Waals surface area (Å²) < 4.78 is 62.0. The van der Waals surface area contributed by atoms with E-state index in [2.05, 4.69) is 10.4 Å². The van der Waals surface area contributed by atoms with Crippen LogP contribution in [0.25, 0.3) is 11.3 Å². The summed E-state index contributed by atoms with van der Waals surface area (Å²) in [5, 5.41) is 6.83. The number of carbonyl (C=O) groups is 2. The standard InChI is InChI=1S/C25H25F4N5O3/c1-14-2-7-17(26)12-18(14)23(36)32-13-15-3-5-16(6-4-15)20-19(22(31)35)21(30)34(33-20)24(25(27,28)29)8-10-37-11-9-24/h2-7,12H,8-11,13,30H2,1H3,(H2,31,35)(H,32,36). The molecule has 0 aliphatic carbocycles. The number of carbonyl (C=O) groups excluding carboxylic acids is 2. The van der Waals surface area contributed by atoms with Gasteiger partial charge in [-0.2, -0.15) is 18.3 Å². The van der Waals surface area contributed by atoms with E-state index >= 15 is 0 Å². The second-order valence-corrected chi connectivity index (χ2v) is 8.87. The van der Waals surface area contributed by atoms with Gasteiger partial charge in [0, 0.05) is 43.7 Å². The fourth-order valence-corrected chi connectivity index (χ4v) is 4.42. The summed E-state index contributed by atoms with van der Waals surface area (Å²) in [5.41, 5.74) is 10.5. The van der Waals surface area contributed by atoms with E-state index in [-0.39, 0.29) is 36.6 Å². The molecule has 0 unspecified atom stereocenters. The minimum absolute atomic E-state index is 0.0777. The number of anilines is 1. The lowest BCUT2D eigenvalue weighted by Crippen LogP contribution is -2.52. The molecule has 0 radical (unpaired) electrons. The normalized spacial score (nSPS) is 15.4. The highest BCUT2D eigenvalue weighted by molar-refractivity contribution is 6.03. The van der Waals surface area contributed by atoms with Crippen molar-refractivity contribution >= 4 is 17.6 Å². The second-order valence-electron chi connectivity index (χ2n) is 8.87. The van der Waals surface area contributed by atoms with Crippen LogP contribution in [-0.2, 0) is 16.8 Å². The van der Waals surface area contributed by atoms with Crippen LogP contribution < -0.4 is 16.8 Å². The van der Waals surface area contributed by atoms with Gasteiger partial charge in [0.25, 0.3) is 11.8 Å². The lowest BCUT2D eigenvalue weighted by molar-refractivity contribution is -0.238. The van der Waals surface area contributed by atoms with Crippen LogP contribution in [-0.4, -0.2) is 41.0 Å². The molecule has 1 aromatic heterocycles. The summed E-state index contributed by atoms with van der Waals surface area (Å²) in [6, 6.07) is 10.2. The Hall–Kier alpha value is -3.93. The van der Waals surface area contributed by atoms with Crippen molar-refractivity contribution in [2.45, 2.75) is 38.0 Å². The number of benzene rings is 2. The van der Waals surface area contributed by atoms with Gasteiger partial charge in [-0.3, -0.25) is 9.59 Å². The third kappa shape index (κ3) is 4.88. The van der Waals surface area contributed by atoms with E-state index in [9.17, 15) is 27.2 Å². The van der Waals surface area contributed by atoms with Gasteiger partial charge in [0.15, 0.2) is 5.54 Å². The molecule has 4 rings (SSSR count). The van der Waals surface area contributed by atoms with E-state index in [0.29, 0.717) is 21.4 Å². The van der Waals surface area contributed by atoms with Crippen molar-refractivity contribution in [2.75, 3.05) is 18.9 Å². The minimum Gasteiger partial charge on any atom is -0.383 e. The average molecular weight is 519 g/mol. The number of halogens is 4. The van der Waals surface area contributed by atoms with Crippen molar-refractivity contribution in [1.29, 1.82) is 0 Å². The van der Waals surface area contributed by atoms with Crippen LogP contribution in [0.4, 0.5) is 23.4 Å². The Morgan fingerprint density at radius 1 is 1.14 bits per heavy atom. The zero-order valence-electron chi connectivity index (χ0n) is 19.9. The SMILES string of the molecule is Cc1ccc(F)cc1C(=O)NCc1ccc(-c2nn(C3(C(F)(F)F)CCOCC3)c(N)c2C(N)=O)cc1. The van der Waals surface area contributed by atoms with Crippen molar-refractivity contribution in [3.05, 3.63) is 70.5 Å². The van der Waals surface area contributed by atoms with E-state index in [4.69, 9.17) is 16.2 Å². The number of nitrogens with one attached hydrogen (secondary N) is 1. The molecule has 37 heavy (non-hydrogen) atoms. The van der Waals surface area contributed by atoms with Crippen molar-refractivity contribution in [1.82, 2.24) is 15.1 Å². The smallest absolute Gasteiger partial charge is 0.383 e. The van der Waals surface area contributed by atoms with Gasteiger partial charge < -0.3 is 21.5 Å². The quantitative estimate of drug-likeness (QED) is 0.429. The number of primary amides is 1. The van der Waals surface area contributed by atoms with Gasteiger partial charge in [0.1, 0.15) is 22.9 Å². The number of nitrogens with zero attached hydrogens (tertiary/aromatic N) is 2. The number of amides is 2. The lowest BCUT2D eigenvalue weighted by Gasteiger charge is -2.39. The Balaban J connectivity index is 1.62. The first kappa shape index (κ1) is 26.1. The van der Waals surface area contributed by atoms with Crippen molar-refractivity contribution in [3.63, 3.8) is 0 Å². The van der Waals surface area contributed by atoms with Crippen molar-refractivity contribution in [3.8, 4) is 11.3 Å². The maximum absolute atomic E-state index is 14.2. The molecule has 1 saturated heterocycles. The molecule has 3 aromatic rings. The van der Waals surface area contributed by atoms with Crippen LogP contribution in [0.5, 0.6) is 0 Å². The van der Waals surface area contributed by atoms with E-state index in [1.807, 2.05) is 0 Å². The maximum Gasteiger partial charge on any atom is 0.413 e. The molecule has 5 N–H and O–H groups in total. The van der Waals surface area contributed by atoms with E-state index in [1.54, 1.807) is 19.1 Å². The van der Waals surface area contributed by atoms with Crippen molar-refractivity contribution in [2.24, 2.45) is 5.73 Å². The molecule has 8 nitrogen and oxygen atoms in total. The van der Waals surface area contributed by atoms with Gasteiger partial charge >= 0.3 is 6.18 Å². The van der Waals surface area contributed by atoms with Crippen molar-refractivity contribution < 1.29 is 31.9 Å². The number of ether oxygens (including phenoxy) is 1. The van der Waals surface area contributed by atoms with Gasteiger partial charge in [-0.15, -0.1) is 0 Å². The lowest BCUT2D eigenvalue weighted by atomic mass is 9.89. The molecule has 2 amide bonds. The van der Waals surface area contributed by atoms with Crippen LogP contribution in [0.2, 0.25) is 0 Å². The highest BCUT2D eigenvalue weighted by Crippen LogP contribution is 2.46. The fourth-order valence-electron chi connectivity index (χ4n) is 4.42. The molecular formula is C25H25F4N5O3. The minimum atomic E-state index is -4.70. The largest absolute Gasteiger partial charge is 0.413 e. The molecule has 1 fully saturated rings. The topological polar surface area (TPSA) is 125 Å². The molecule has 0 bridgehead atoms. The van der Waals surface area contributed by atoms with Crippen LogP contribution >= 0.6 is 0 Å². The summed E-state index contributed by atoms with van der Waals surface area (Å²) in [4.78, 5) is 24.6. The number of hydrogen-bond acceptors (Lipinski definition) is 5. The number of rotatable bonds is 6. The Bertz CT molecular complexity index is 1330. The molecule has 2 aromatic carbocycles. The Morgan fingerprint density at radius 3 is 2.38 bits per heavy atom. The van der Waals surface area contributed by atoms with Gasteiger partial charge in [-0.05, 0) is 30.2 Å². The summed E-state index contributed by atoms with van der Waals surface area (Å²) in [5.74, 6) is -2.47. The van der Waals surface area contributed by atoms with Gasteiger partial charge in [-0.25, -0.2) is 9.07 Å².